The van der Waals surface area contributed by atoms with Gasteiger partial charge in [0.05, 0.1) is 20.3 Å². The lowest BCUT2D eigenvalue weighted by atomic mass is 9.78. The molecule has 6 aromatic carbocycles. The molecule has 1 aliphatic carbocycles. The zero-order valence-electron chi connectivity index (χ0n) is 29.3. The number of nitrogens with zero attached hydrogens (tertiary/aromatic N) is 2. The second-order valence-corrected chi connectivity index (χ2v) is 13.5. The van der Waals surface area contributed by atoms with Crippen LogP contribution in [0.2, 0.25) is 0 Å². The van der Waals surface area contributed by atoms with E-state index in [-0.39, 0.29) is 6.04 Å². The van der Waals surface area contributed by atoms with Gasteiger partial charge in [0.15, 0.2) is 11.5 Å². The highest BCUT2D eigenvalue weighted by molar-refractivity contribution is 6.25. The summed E-state index contributed by atoms with van der Waals surface area (Å²) < 4.78 is 14.3. The van der Waals surface area contributed by atoms with Gasteiger partial charge in [0.2, 0.25) is 0 Å². The normalized spacial score (nSPS) is 17.0. The highest BCUT2D eigenvalue weighted by Crippen LogP contribution is 2.54. The third-order valence-corrected chi connectivity index (χ3v) is 10.7. The monoisotopic (exact) mass is 664 g/mol. The highest BCUT2D eigenvalue weighted by atomic mass is 16.5. The Balaban J connectivity index is 1.39. The van der Waals surface area contributed by atoms with Crippen molar-refractivity contribution in [1.82, 2.24) is 9.47 Å². The van der Waals surface area contributed by atoms with Crippen LogP contribution in [-0.4, -0.2) is 23.7 Å². The van der Waals surface area contributed by atoms with Crippen LogP contribution in [-0.2, 0) is 19.6 Å². The molecule has 2 aliphatic rings. The number of hydrogen-bond donors (Lipinski definition) is 0. The van der Waals surface area contributed by atoms with Crippen LogP contribution >= 0.6 is 0 Å². The third-order valence-electron chi connectivity index (χ3n) is 10.7. The number of rotatable bonds is 7. The first-order valence-corrected chi connectivity index (χ1v) is 17.8. The average molecular weight is 665 g/mol. The number of ether oxygens (including phenoxy) is 2. The van der Waals surface area contributed by atoms with E-state index in [4.69, 9.17) is 9.47 Å². The molecule has 0 N–H and O–H groups in total. The van der Waals surface area contributed by atoms with E-state index in [0.717, 1.165) is 31.1 Å². The van der Waals surface area contributed by atoms with Crippen molar-refractivity contribution < 1.29 is 9.47 Å². The summed E-state index contributed by atoms with van der Waals surface area (Å²) >= 11 is 0. The van der Waals surface area contributed by atoms with Crippen molar-refractivity contribution in [2.45, 2.75) is 32.6 Å². The maximum absolute atomic E-state index is 6.00. The Morgan fingerprint density at radius 1 is 0.647 bits per heavy atom. The predicted molar refractivity (Wildman–Crippen MR) is 211 cm³/mol. The molecule has 1 aliphatic heterocycles. The van der Waals surface area contributed by atoms with E-state index in [1.807, 2.05) is 0 Å². The van der Waals surface area contributed by atoms with Gasteiger partial charge >= 0.3 is 0 Å². The van der Waals surface area contributed by atoms with Crippen LogP contribution in [0.15, 0.2) is 140 Å². The topological polar surface area (TPSA) is 26.6 Å². The number of hydrogen-bond acceptors (Lipinski definition) is 3. The van der Waals surface area contributed by atoms with E-state index in [0.29, 0.717) is 0 Å². The largest absolute Gasteiger partial charge is 0.493 e. The SMILES string of the molecule is CCn1c2ccccc2c2cc(C3/C(=C4\C(c5ccccc5)=Cc5ccccc54)c4cc(OC)c(OC)cc4CN3Cc3ccccc3)ccc21. The zero-order valence-corrected chi connectivity index (χ0v) is 29.3. The number of para-hydroxylation sites is 1. The minimum Gasteiger partial charge on any atom is -0.493 e. The minimum atomic E-state index is -0.0581. The van der Waals surface area contributed by atoms with Crippen molar-refractivity contribution in [3.63, 3.8) is 0 Å². The van der Waals surface area contributed by atoms with Gasteiger partial charge in [-0.05, 0) is 99.0 Å². The number of allylic oxidation sites excluding steroid dienone is 2. The molecule has 1 aromatic heterocycles. The molecule has 7 aromatic rings. The van der Waals surface area contributed by atoms with Crippen molar-refractivity contribution >= 4 is 44.6 Å². The molecule has 51 heavy (non-hydrogen) atoms. The second-order valence-electron chi connectivity index (χ2n) is 13.5. The van der Waals surface area contributed by atoms with Crippen LogP contribution in [0.3, 0.4) is 0 Å². The number of aryl methyl sites for hydroxylation is 1. The lowest BCUT2D eigenvalue weighted by Crippen LogP contribution is -2.34. The molecule has 9 rings (SSSR count). The average Bonchev–Trinajstić information content (AvgIpc) is 3.73. The lowest BCUT2D eigenvalue weighted by molar-refractivity contribution is 0.211. The van der Waals surface area contributed by atoms with Gasteiger partial charge in [-0.1, -0.05) is 109 Å². The first-order valence-electron chi connectivity index (χ1n) is 17.8. The number of benzene rings is 6. The van der Waals surface area contributed by atoms with E-state index in [1.165, 1.54) is 77.5 Å². The lowest BCUT2D eigenvalue weighted by Gasteiger charge is -2.41. The second kappa shape index (κ2) is 12.8. The molecule has 0 radical (unpaired) electrons. The van der Waals surface area contributed by atoms with Crippen molar-refractivity contribution in [2.24, 2.45) is 0 Å². The fourth-order valence-electron chi connectivity index (χ4n) is 8.50. The Morgan fingerprint density at radius 2 is 1.33 bits per heavy atom. The van der Waals surface area contributed by atoms with Gasteiger partial charge in [0.25, 0.3) is 0 Å². The zero-order chi connectivity index (χ0) is 34.5. The van der Waals surface area contributed by atoms with Crippen molar-refractivity contribution in [3.8, 4) is 11.5 Å². The Kier molecular flexibility index (Phi) is 7.82. The summed E-state index contributed by atoms with van der Waals surface area (Å²) in [6.07, 6.45) is 2.37. The molecule has 0 amide bonds. The molecule has 0 spiro atoms. The number of fused-ring (bicyclic) bond motifs is 5. The molecule has 1 unspecified atom stereocenters. The minimum absolute atomic E-state index is 0.0581. The van der Waals surface area contributed by atoms with Crippen molar-refractivity contribution in [3.05, 3.63) is 178 Å². The third kappa shape index (κ3) is 5.17. The van der Waals surface area contributed by atoms with Crippen LogP contribution < -0.4 is 9.47 Å². The Morgan fingerprint density at radius 3 is 2.12 bits per heavy atom. The molecular formula is C47H40N2O2. The summed E-state index contributed by atoms with van der Waals surface area (Å²) in [7, 11) is 3.46. The van der Waals surface area contributed by atoms with Gasteiger partial charge in [0.1, 0.15) is 0 Å². The molecular weight excluding hydrogens is 625 g/mol. The van der Waals surface area contributed by atoms with Crippen molar-refractivity contribution in [1.29, 1.82) is 0 Å². The summed E-state index contributed by atoms with van der Waals surface area (Å²) in [5.74, 6) is 1.49. The van der Waals surface area contributed by atoms with Gasteiger partial charge in [-0.15, -0.1) is 0 Å². The fraction of sp³-hybridized carbons (Fsp3) is 0.149. The predicted octanol–water partition coefficient (Wildman–Crippen LogP) is 11.1. The van der Waals surface area contributed by atoms with Crippen LogP contribution in [0.4, 0.5) is 0 Å². The standard InChI is InChI=1S/C47H40N2O2/c1-4-49-41-22-14-13-21-37(41)40-26-34(23-24-42(40)49)47-46(45-36-20-12-11-19-33(36)25-38(45)32-17-9-6-10-18-32)39-28-44(51-3)43(50-2)27-35(39)30-48(47)29-31-15-7-5-8-16-31/h5-28,47H,4,29-30H2,1-3H3/b46-45-. The Bertz CT molecular complexity index is 2490. The molecule has 1 atom stereocenters. The molecule has 0 saturated heterocycles. The van der Waals surface area contributed by atoms with Gasteiger partial charge in [-0.3, -0.25) is 4.90 Å². The van der Waals surface area contributed by atoms with Crippen LogP contribution in [0.25, 0.3) is 44.6 Å². The Labute approximate surface area is 299 Å². The van der Waals surface area contributed by atoms with Crippen LogP contribution in [0, 0.1) is 0 Å². The number of methoxy groups -OCH3 is 2. The summed E-state index contributed by atoms with van der Waals surface area (Å²) in [5.41, 5.74) is 15.0. The molecule has 0 bridgehead atoms. The van der Waals surface area contributed by atoms with E-state index in [1.54, 1.807) is 14.2 Å². The van der Waals surface area contributed by atoms with Gasteiger partial charge in [-0.2, -0.15) is 0 Å². The van der Waals surface area contributed by atoms with Crippen LogP contribution in [0.1, 0.15) is 51.9 Å². The van der Waals surface area contributed by atoms with E-state index < -0.39 is 0 Å². The molecule has 250 valence electrons. The van der Waals surface area contributed by atoms with Gasteiger partial charge in [-0.25, -0.2) is 0 Å². The van der Waals surface area contributed by atoms with Crippen LogP contribution in [0.5, 0.6) is 11.5 Å². The molecule has 0 saturated carbocycles. The molecule has 2 heterocycles. The van der Waals surface area contributed by atoms with E-state index in [2.05, 4.69) is 162 Å². The number of aromatic nitrogens is 1. The Hall–Kier alpha value is -5.84. The summed E-state index contributed by atoms with van der Waals surface area (Å²) in [6, 6.07) is 50.9. The van der Waals surface area contributed by atoms with E-state index >= 15 is 0 Å². The highest BCUT2D eigenvalue weighted by Gasteiger charge is 2.38. The molecule has 4 nitrogen and oxygen atoms in total. The maximum atomic E-state index is 6.00. The summed E-state index contributed by atoms with van der Waals surface area (Å²) in [6.45, 7) is 4.70. The van der Waals surface area contributed by atoms with E-state index in [9.17, 15) is 0 Å². The van der Waals surface area contributed by atoms with Gasteiger partial charge in [0, 0.05) is 41.4 Å². The van der Waals surface area contributed by atoms with Crippen molar-refractivity contribution in [2.75, 3.05) is 14.2 Å². The first kappa shape index (κ1) is 31.2. The maximum Gasteiger partial charge on any atom is 0.161 e. The molecule has 0 fully saturated rings. The first-order chi connectivity index (χ1) is 25.2. The fourth-order valence-corrected chi connectivity index (χ4v) is 8.50. The summed E-state index contributed by atoms with van der Waals surface area (Å²) in [4.78, 5) is 2.65. The molecule has 4 heteroatoms. The summed E-state index contributed by atoms with van der Waals surface area (Å²) in [5, 5.41) is 2.58. The van der Waals surface area contributed by atoms with Gasteiger partial charge < -0.3 is 14.0 Å². The quantitative estimate of drug-likeness (QED) is 0.170. The smallest absolute Gasteiger partial charge is 0.161 e.